The Hall–Kier alpha value is -5.19. The molecule has 46 heavy (non-hydrogen) atoms. The predicted octanol–water partition coefficient (Wildman–Crippen LogP) is 7.69. The Morgan fingerprint density at radius 3 is 1.76 bits per heavy atom. The van der Waals surface area contributed by atoms with Crippen molar-refractivity contribution in [2.24, 2.45) is 5.92 Å². The van der Waals surface area contributed by atoms with E-state index in [9.17, 15) is 31.9 Å². The molecule has 4 aromatic rings. The average Bonchev–Trinajstić information content (AvgIpc) is 3.02. The number of halogens is 4. The van der Waals surface area contributed by atoms with Gasteiger partial charge >= 0.3 is 11.9 Å². The van der Waals surface area contributed by atoms with Crippen LogP contribution in [-0.2, 0) is 27.4 Å². The summed E-state index contributed by atoms with van der Waals surface area (Å²) in [5.74, 6) is -3.36. The minimum Gasteiger partial charge on any atom is -0.465 e. The molecule has 4 rings (SSSR count). The number of anilines is 2. The molecule has 0 saturated carbocycles. The van der Waals surface area contributed by atoms with Gasteiger partial charge in [0.05, 0.1) is 31.9 Å². The van der Waals surface area contributed by atoms with Crippen molar-refractivity contribution in [1.29, 1.82) is 0 Å². The molecule has 0 bridgehead atoms. The SMILES string of the molecule is COC(=O)c1ccc(CN(C(=O)CC(C)C)c2cccc(F)c2)c(F)c1.COC(=O)c1ccc(CNc2cccc(F)c2)c(F)c1. The summed E-state index contributed by atoms with van der Waals surface area (Å²) in [5, 5.41) is 2.91. The van der Waals surface area contributed by atoms with Crippen molar-refractivity contribution in [3.63, 3.8) is 0 Å². The van der Waals surface area contributed by atoms with Crippen molar-refractivity contribution in [3.8, 4) is 0 Å². The quantitative estimate of drug-likeness (QED) is 0.142. The van der Waals surface area contributed by atoms with Gasteiger partial charge in [0.2, 0.25) is 5.91 Å². The van der Waals surface area contributed by atoms with E-state index < -0.39 is 29.4 Å². The monoisotopic (exact) mass is 638 g/mol. The van der Waals surface area contributed by atoms with Gasteiger partial charge in [-0.1, -0.05) is 38.1 Å². The fourth-order valence-corrected chi connectivity index (χ4v) is 4.25. The molecular weight excluding hydrogens is 604 g/mol. The van der Waals surface area contributed by atoms with Crippen molar-refractivity contribution in [2.45, 2.75) is 33.4 Å². The number of esters is 2. The standard InChI is InChI=1S/C20H21F2NO3.C15H13F2NO2/c1-13(2)9-19(24)23(17-6-4-5-16(21)11-17)12-15-8-7-14(10-18(15)22)20(25)26-3;1-20-15(19)10-5-6-11(14(17)7-10)9-18-13-4-2-3-12(16)8-13/h4-8,10-11,13H,9,12H2,1-3H3;2-8,18H,9H2,1H3. The van der Waals surface area contributed by atoms with Crippen LogP contribution >= 0.6 is 0 Å². The smallest absolute Gasteiger partial charge is 0.337 e. The summed E-state index contributed by atoms with van der Waals surface area (Å²) in [7, 11) is 2.45. The number of ether oxygens (including phenoxy) is 2. The minimum atomic E-state index is -0.645. The van der Waals surface area contributed by atoms with E-state index in [1.807, 2.05) is 13.8 Å². The zero-order chi connectivity index (χ0) is 33.8. The van der Waals surface area contributed by atoms with E-state index >= 15 is 0 Å². The number of amides is 1. The van der Waals surface area contributed by atoms with E-state index in [2.05, 4.69) is 14.8 Å². The summed E-state index contributed by atoms with van der Waals surface area (Å²) < 4.78 is 63.9. The number of nitrogens with zero attached hydrogens (tertiary/aromatic N) is 1. The summed E-state index contributed by atoms with van der Waals surface area (Å²) >= 11 is 0. The molecule has 0 unspecified atom stereocenters. The Kier molecular flexibility index (Phi) is 12.9. The molecule has 7 nitrogen and oxygen atoms in total. The first kappa shape index (κ1) is 35.3. The minimum absolute atomic E-state index is 0.0672. The van der Waals surface area contributed by atoms with E-state index in [4.69, 9.17) is 0 Å². The van der Waals surface area contributed by atoms with Crippen molar-refractivity contribution in [2.75, 3.05) is 24.4 Å². The first-order valence-corrected chi connectivity index (χ1v) is 14.2. The highest BCUT2D eigenvalue weighted by Crippen LogP contribution is 2.23. The molecule has 0 radical (unpaired) electrons. The molecular formula is C35H34F4N2O5. The van der Waals surface area contributed by atoms with Crippen molar-refractivity contribution < 1.29 is 41.4 Å². The van der Waals surface area contributed by atoms with Crippen LogP contribution in [0, 0.1) is 29.2 Å². The van der Waals surface area contributed by atoms with Crippen LogP contribution in [0.25, 0.3) is 0 Å². The third-order valence-electron chi connectivity index (χ3n) is 6.59. The molecule has 1 amide bonds. The Labute approximate surface area is 264 Å². The average molecular weight is 639 g/mol. The van der Waals surface area contributed by atoms with Crippen molar-refractivity contribution in [3.05, 3.63) is 130 Å². The van der Waals surface area contributed by atoms with Crippen LogP contribution in [-0.4, -0.2) is 32.1 Å². The zero-order valence-corrected chi connectivity index (χ0v) is 25.8. The van der Waals surface area contributed by atoms with Crippen molar-refractivity contribution in [1.82, 2.24) is 0 Å². The number of carbonyl (C=O) groups is 3. The molecule has 0 spiro atoms. The second kappa shape index (κ2) is 16.8. The van der Waals surface area contributed by atoms with Crippen LogP contribution in [0.4, 0.5) is 28.9 Å². The summed E-state index contributed by atoms with van der Waals surface area (Å²) in [6.07, 6.45) is 0.248. The number of hydrogen-bond donors (Lipinski definition) is 1. The number of hydrogen-bond acceptors (Lipinski definition) is 6. The van der Waals surface area contributed by atoms with Crippen LogP contribution in [0.3, 0.4) is 0 Å². The largest absolute Gasteiger partial charge is 0.465 e. The number of carbonyl (C=O) groups excluding carboxylic acids is 3. The predicted molar refractivity (Wildman–Crippen MR) is 166 cm³/mol. The lowest BCUT2D eigenvalue weighted by molar-refractivity contribution is -0.119. The Bertz CT molecular complexity index is 1680. The molecule has 0 aliphatic carbocycles. The highest BCUT2D eigenvalue weighted by molar-refractivity contribution is 5.93. The van der Waals surface area contributed by atoms with Gasteiger partial charge in [-0.3, -0.25) is 4.79 Å². The second-order valence-electron chi connectivity index (χ2n) is 10.5. The molecule has 0 saturated heterocycles. The van der Waals surface area contributed by atoms with Gasteiger partial charge in [0.25, 0.3) is 0 Å². The fourth-order valence-electron chi connectivity index (χ4n) is 4.25. The molecule has 0 fully saturated rings. The summed E-state index contributed by atoms with van der Waals surface area (Å²) in [6, 6.07) is 19.5. The Morgan fingerprint density at radius 1 is 0.717 bits per heavy atom. The lowest BCUT2D eigenvalue weighted by Gasteiger charge is -2.24. The number of methoxy groups -OCH3 is 2. The van der Waals surface area contributed by atoms with Crippen molar-refractivity contribution >= 4 is 29.2 Å². The molecule has 0 heterocycles. The number of benzene rings is 4. The maximum absolute atomic E-state index is 14.4. The highest BCUT2D eigenvalue weighted by atomic mass is 19.1. The van der Waals surface area contributed by atoms with Crippen LogP contribution in [0.1, 0.15) is 52.1 Å². The van der Waals surface area contributed by atoms with E-state index in [1.54, 1.807) is 18.2 Å². The lowest BCUT2D eigenvalue weighted by atomic mass is 10.1. The zero-order valence-electron chi connectivity index (χ0n) is 25.8. The van der Waals surface area contributed by atoms with Gasteiger partial charge in [0, 0.05) is 35.5 Å². The first-order valence-electron chi connectivity index (χ1n) is 14.2. The van der Waals surface area contributed by atoms with Gasteiger partial charge in [-0.25, -0.2) is 27.2 Å². The van der Waals surface area contributed by atoms with Gasteiger partial charge in [-0.15, -0.1) is 0 Å². The van der Waals surface area contributed by atoms with Gasteiger partial charge in [0.1, 0.15) is 23.3 Å². The molecule has 4 aromatic carbocycles. The summed E-state index contributed by atoms with van der Waals surface area (Å²) in [5.41, 5.74) is 1.74. The molecule has 0 aliphatic rings. The van der Waals surface area contributed by atoms with E-state index in [-0.39, 0.29) is 53.8 Å². The molecule has 0 atom stereocenters. The van der Waals surface area contributed by atoms with Crippen LogP contribution in [0.2, 0.25) is 0 Å². The van der Waals surface area contributed by atoms with Gasteiger partial charge in [0.15, 0.2) is 0 Å². The van der Waals surface area contributed by atoms with Crippen LogP contribution in [0.5, 0.6) is 0 Å². The van der Waals surface area contributed by atoms with Gasteiger partial charge < -0.3 is 19.7 Å². The number of nitrogens with one attached hydrogen (secondary N) is 1. The van der Waals surface area contributed by atoms with Gasteiger partial charge in [-0.05, 0) is 66.6 Å². The number of rotatable bonds is 10. The highest BCUT2D eigenvalue weighted by Gasteiger charge is 2.20. The van der Waals surface area contributed by atoms with Crippen LogP contribution < -0.4 is 10.2 Å². The fraction of sp³-hybridized carbons (Fsp3) is 0.229. The van der Waals surface area contributed by atoms with E-state index in [0.717, 1.165) is 12.1 Å². The van der Waals surface area contributed by atoms with Crippen LogP contribution in [0.15, 0.2) is 84.9 Å². The van der Waals surface area contributed by atoms with E-state index in [0.29, 0.717) is 16.9 Å². The molecule has 1 N–H and O–H groups in total. The summed E-state index contributed by atoms with van der Waals surface area (Å²) in [4.78, 5) is 36.7. The third-order valence-corrected chi connectivity index (χ3v) is 6.59. The molecule has 242 valence electrons. The Balaban J connectivity index is 0.000000259. The summed E-state index contributed by atoms with van der Waals surface area (Å²) in [6.45, 7) is 3.92. The third kappa shape index (κ3) is 10.2. The second-order valence-corrected chi connectivity index (χ2v) is 10.5. The molecule has 0 aliphatic heterocycles. The Morgan fingerprint density at radius 2 is 1.26 bits per heavy atom. The van der Waals surface area contributed by atoms with E-state index in [1.165, 1.54) is 73.7 Å². The molecule has 0 aromatic heterocycles. The lowest BCUT2D eigenvalue weighted by Crippen LogP contribution is -2.31. The first-order chi connectivity index (χ1) is 21.9. The maximum Gasteiger partial charge on any atom is 0.337 e. The molecule has 11 heteroatoms. The normalized spacial score (nSPS) is 10.5. The maximum atomic E-state index is 14.4. The topological polar surface area (TPSA) is 84.9 Å². The van der Waals surface area contributed by atoms with Gasteiger partial charge in [-0.2, -0.15) is 0 Å².